The second-order valence-electron chi connectivity index (χ2n) is 14.7. The summed E-state index contributed by atoms with van der Waals surface area (Å²) in [6, 6.07) is 64.3. The van der Waals surface area contributed by atoms with E-state index in [1.807, 2.05) is 30.3 Å². The van der Waals surface area contributed by atoms with Crippen LogP contribution in [0.4, 0.5) is 0 Å². The quantitative estimate of drug-likeness (QED) is 0.172. The smallest absolute Gasteiger partial charge is 0.164 e. The van der Waals surface area contributed by atoms with Crippen molar-refractivity contribution in [3.63, 3.8) is 0 Å². The zero-order chi connectivity index (χ0) is 37.1. The van der Waals surface area contributed by atoms with Crippen LogP contribution in [0.5, 0.6) is 0 Å². The van der Waals surface area contributed by atoms with Crippen molar-refractivity contribution in [2.24, 2.45) is 5.92 Å². The molecule has 0 saturated carbocycles. The lowest BCUT2D eigenvalue weighted by Crippen LogP contribution is -2.35. The summed E-state index contributed by atoms with van der Waals surface area (Å²) in [4.78, 5) is 15.6. The molecular formula is C52H35N3O. The summed E-state index contributed by atoms with van der Waals surface area (Å²) in [6.45, 7) is 0. The summed E-state index contributed by atoms with van der Waals surface area (Å²) in [7, 11) is 0. The van der Waals surface area contributed by atoms with Crippen LogP contribution in [0.15, 0.2) is 205 Å². The SMILES string of the molecule is C1=CC2C(C=C1c1nc(-c3ccc(-c4ccccc4)cc3)nc(-c3ccc4oc5ccccc5c4c3)n1)c1ccccc1C2(c1ccccc1)c1ccccc1. The van der Waals surface area contributed by atoms with Crippen molar-refractivity contribution in [1.29, 1.82) is 0 Å². The molecule has 4 nitrogen and oxygen atoms in total. The van der Waals surface area contributed by atoms with Crippen LogP contribution >= 0.6 is 0 Å². The van der Waals surface area contributed by atoms with Gasteiger partial charge in [-0.1, -0.05) is 176 Å². The third-order valence-corrected chi connectivity index (χ3v) is 11.7. The molecule has 2 aliphatic rings. The predicted molar refractivity (Wildman–Crippen MR) is 226 cm³/mol. The molecule has 0 N–H and O–H groups in total. The van der Waals surface area contributed by atoms with Crippen LogP contribution in [-0.2, 0) is 5.41 Å². The highest BCUT2D eigenvalue weighted by molar-refractivity contribution is 6.06. The molecule has 56 heavy (non-hydrogen) atoms. The van der Waals surface area contributed by atoms with Gasteiger partial charge in [0.1, 0.15) is 11.2 Å². The van der Waals surface area contributed by atoms with Crippen molar-refractivity contribution in [1.82, 2.24) is 15.0 Å². The zero-order valence-corrected chi connectivity index (χ0v) is 30.5. The molecule has 0 fully saturated rings. The first-order chi connectivity index (χ1) is 27.7. The monoisotopic (exact) mass is 717 g/mol. The molecule has 2 unspecified atom stereocenters. The Labute approximate surface area is 325 Å². The third-order valence-electron chi connectivity index (χ3n) is 11.7. The number of benzene rings is 7. The van der Waals surface area contributed by atoms with Crippen LogP contribution in [0.2, 0.25) is 0 Å². The van der Waals surface area contributed by atoms with Gasteiger partial charge in [0.25, 0.3) is 0 Å². The highest BCUT2D eigenvalue weighted by atomic mass is 16.3. The maximum atomic E-state index is 6.18. The van der Waals surface area contributed by atoms with E-state index in [2.05, 4.69) is 170 Å². The highest BCUT2D eigenvalue weighted by Gasteiger charge is 2.53. The molecule has 0 radical (unpaired) electrons. The van der Waals surface area contributed by atoms with Crippen molar-refractivity contribution in [3.8, 4) is 33.9 Å². The van der Waals surface area contributed by atoms with Crippen LogP contribution in [0, 0.1) is 5.92 Å². The summed E-state index contributed by atoms with van der Waals surface area (Å²) < 4.78 is 6.18. The minimum absolute atomic E-state index is 0.106. The van der Waals surface area contributed by atoms with Gasteiger partial charge < -0.3 is 4.42 Å². The van der Waals surface area contributed by atoms with Crippen molar-refractivity contribution in [2.75, 3.05) is 0 Å². The summed E-state index contributed by atoms with van der Waals surface area (Å²) >= 11 is 0. The summed E-state index contributed by atoms with van der Waals surface area (Å²) in [5, 5.41) is 2.11. The zero-order valence-electron chi connectivity index (χ0n) is 30.5. The number of allylic oxidation sites excluding steroid dienone is 4. The first-order valence-electron chi connectivity index (χ1n) is 19.2. The van der Waals surface area contributed by atoms with Crippen LogP contribution in [-0.4, -0.2) is 15.0 Å². The average molecular weight is 718 g/mol. The number of rotatable bonds is 6. The van der Waals surface area contributed by atoms with E-state index >= 15 is 0 Å². The average Bonchev–Trinajstić information content (AvgIpc) is 3.80. The van der Waals surface area contributed by atoms with E-state index < -0.39 is 0 Å². The molecule has 2 atom stereocenters. The second kappa shape index (κ2) is 13.0. The normalized spacial score (nSPS) is 16.8. The maximum absolute atomic E-state index is 6.18. The van der Waals surface area contributed by atoms with Crippen molar-refractivity contribution in [2.45, 2.75) is 11.3 Å². The molecule has 2 aromatic heterocycles. The van der Waals surface area contributed by atoms with Crippen LogP contribution in [0.25, 0.3) is 61.4 Å². The van der Waals surface area contributed by atoms with Gasteiger partial charge in [0.2, 0.25) is 0 Å². The number of hydrogen-bond acceptors (Lipinski definition) is 4. The third kappa shape index (κ3) is 5.10. The Morgan fingerprint density at radius 1 is 0.446 bits per heavy atom. The minimum atomic E-state index is -0.360. The molecule has 264 valence electrons. The summed E-state index contributed by atoms with van der Waals surface area (Å²) in [5.41, 5.74) is 11.7. The molecule has 7 aromatic carbocycles. The highest BCUT2D eigenvalue weighted by Crippen LogP contribution is 2.60. The van der Waals surface area contributed by atoms with Gasteiger partial charge >= 0.3 is 0 Å². The van der Waals surface area contributed by atoms with Gasteiger partial charge in [-0.05, 0) is 57.6 Å². The van der Waals surface area contributed by atoms with E-state index in [4.69, 9.17) is 19.4 Å². The van der Waals surface area contributed by atoms with Crippen molar-refractivity contribution in [3.05, 3.63) is 228 Å². The standard InChI is InChI=1S/C52H35N3O/c1-4-14-34(15-5-1)35-24-26-36(27-25-35)49-53-50(55-51(54-49)38-29-31-48-44(33-38)42-21-11-13-23-47(42)56-48)37-28-30-46-43(32-37)41-20-10-12-22-45(41)52(46,39-16-6-2-7-17-39)40-18-8-3-9-19-40/h1-33,43,46H. The van der Waals surface area contributed by atoms with Crippen molar-refractivity contribution < 1.29 is 4.42 Å². The maximum Gasteiger partial charge on any atom is 0.164 e. The van der Waals surface area contributed by atoms with E-state index in [-0.39, 0.29) is 17.3 Å². The summed E-state index contributed by atoms with van der Waals surface area (Å²) in [6.07, 6.45) is 7.04. The molecule has 2 heterocycles. The first kappa shape index (κ1) is 32.3. The molecule has 0 amide bonds. The number of para-hydroxylation sites is 1. The van der Waals surface area contributed by atoms with E-state index in [0.29, 0.717) is 17.5 Å². The summed E-state index contributed by atoms with van der Waals surface area (Å²) in [5.74, 6) is 2.16. The van der Waals surface area contributed by atoms with Crippen LogP contribution in [0.1, 0.15) is 34.0 Å². The minimum Gasteiger partial charge on any atom is -0.456 e. The molecule has 4 heteroatoms. The van der Waals surface area contributed by atoms with E-state index in [9.17, 15) is 0 Å². The lowest BCUT2D eigenvalue weighted by atomic mass is 9.63. The number of aromatic nitrogens is 3. The number of fused-ring (bicyclic) bond motifs is 6. The molecule has 9 aromatic rings. The fourth-order valence-electron chi connectivity index (χ4n) is 9.19. The number of hydrogen-bond donors (Lipinski definition) is 0. The van der Waals surface area contributed by atoms with Gasteiger partial charge in [-0.3, -0.25) is 0 Å². The van der Waals surface area contributed by atoms with Gasteiger partial charge in [0.15, 0.2) is 17.5 Å². The van der Waals surface area contributed by atoms with Gasteiger partial charge in [0.05, 0.1) is 5.41 Å². The largest absolute Gasteiger partial charge is 0.456 e. The molecule has 11 rings (SSSR count). The fraction of sp³-hybridized carbons (Fsp3) is 0.0577. The Morgan fingerprint density at radius 2 is 1.00 bits per heavy atom. The Kier molecular flexibility index (Phi) is 7.49. The molecule has 2 aliphatic carbocycles. The number of nitrogens with zero attached hydrogens (tertiary/aromatic N) is 3. The fourth-order valence-corrected chi connectivity index (χ4v) is 9.19. The van der Waals surface area contributed by atoms with Gasteiger partial charge in [0, 0.05) is 39.3 Å². The van der Waals surface area contributed by atoms with Crippen molar-refractivity contribution >= 4 is 27.5 Å². The van der Waals surface area contributed by atoms with Crippen LogP contribution in [0.3, 0.4) is 0 Å². The predicted octanol–water partition coefficient (Wildman–Crippen LogP) is 12.5. The Morgan fingerprint density at radius 3 is 1.75 bits per heavy atom. The molecule has 0 bridgehead atoms. The number of furan rings is 1. The van der Waals surface area contributed by atoms with E-state index in [1.165, 1.54) is 27.8 Å². The molecule has 0 spiro atoms. The molecular weight excluding hydrogens is 683 g/mol. The van der Waals surface area contributed by atoms with Crippen LogP contribution < -0.4 is 0 Å². The first-order valence-corrected chi connectivity index (χ1v) is 19.2. The van der Waals surface area contributed by atoms with Gasteiger partial charge in [-0.25, -0.2) is 15.0 Å². The van der Waals surface area contributed by atoms with E-state index in [1.54, 1.807) is 0 Å². The Bertz CT molecular complexity index is 2930. The molecule has 0 saturated heterocycles. The Hall–Kier alpha value is -7.17. The topological polar surface area (TPSA) is 51.8 Å². The lowest BCUT2D eigenvalue weighted by molar-refractivity contribution is 0.457. The lowest BCUT2D eigenvalue weighted by Gasteiger charge is -2.39. The molecule has 0 aliphatic heterocycles. The van der Waals surface area contributed by atoms with Gasteiger partial charge in [-0.2, -0.15) is 0 Å². The Balaban J connectivity index is 1.07. The van der Waals surface area contributed by atoms with E-state index in [0.717, 1.165) is 44.2 Å². The van der Waals surface area contributed by atoms with Gasteiger partial charge in [-0.15, -0.1) is 0 Å². The second-order valence-corrected chi connectivity index (χ2v) is 14.7.